The van der Waals surface area contributed by atoms with Crippen LogP contribution < -0.4 is 0 Å². The minimum Gasteiger partial charge on any atom is -0.466 e. The Morgan fingerprint density at radius 2 is 1.90 bits per heavy atom. The molecule has 108 valence electrons. The molecule has 0 bridgehead atoms. The van der Waals surface area contributed by atoms with Gasteiger partial charge < -0.3 is 13.9 Å². The maximum absolute atomic E-state index is 11.7. The molecule has 0 saturated heterocycles. The summed E-state index contributed by atoms with van der Waals surface area (Å²) in [6, 6.07) is 12.0. The number of furan rings is 1. The molecule has 2 aromatic rings. The minimum atomic E-state index is -0.469. The van der Waals surface area contributed by atoms with E-state index in [0.717, 1.165) is 0 Å². The quantitative estimate of drug-likeness (QED) is 0.624. The van der Waals surface area contributed by atoms with Crippen LogP contribution in [0.3, 0.4) is 0 Å². The van der Waals surface area contributed by atoms with Crippen LogP contribution in [0.1, 0.15) is 21.9 Å². The molecule has 0 aliphatic heterocycles. The first-order valence-electron chi connectivity index (χ1n) is 6.26. The second kappa shape index (κ2) is 7.09. The summed E-state index contributed by atoms with van der Waals surface area (Å²) in [6.45, 7) is 0.0276. The van der Waals surface area contributed by atoms with Crippen molar-refractivity contribution in [2.75, 3.05) is 7.11 Å². The van der Waals surface area contributed by atoms with Gasteiger partial charge in [-0.2, -0.15) is 0 Å². The van der Waals surface area contributed by atoms with Gasteiger partial charge in [-0.25, -0.2) is 9.59 Å². The Morgan fingerprint density at radius 1 is 1.14 bits per heavy atom. The molecule has 0 aliphatic rings. The highest BCUT2D eigenvalue weighted by Gasteiger charge is 2.08. The van der Waals surface area contributed by atoms with E-state index in [1.807, 2.05) is 6.07 Å². The second-order valence-electron chi connectivity index (χ2n) is 4.10. The third kappa shape index (κ3) is 4.35. The summed E-state index contributed by atoms with van der Waals surface area (Å²) in [5.41, 5.74) is 0.481. The maximum atomic E-state index is 11.7. The van der Waals surface area contributed by atoms with Crippen LogP contribution in [-0.4, -0.2) is 19.0 Å². The zero-order chi connectivity index (χ0) is 15.1. The van der Waals surface area contributed by atoms with Crippen molar-refractivity contribution in [2.24, 2.45) is 0 Å². The van der Waals surface area contributed by atoms with Gasteiger partial charge in [0.05, 0.1) is 12.7 Å². The molecule has 0 aliphatic carbocycles. The summed E-state index contributed by atoms with van der Waals surface area (Å²) in [5, 5.41) is 0. The first-order chi connectivity index (χ1) is 10.2. The molecule has 1 aromatic carbocycles. The van der Waals surface area contributed by atoms with Gasteiger partial charge in [0.25, 0.3) is 0 Å². The van der Waals surface area contributed by atoms with Gasteiger partial charge in [-0.1, -0.05) is 18.2 Å². The highest BCUT2D eigenvalue weighted by Crippen LogP contribution is 2.12. The van der Waals surface area contributed by atoms with Crippen molar-refractivity contribution in [1.29, 1.82) is 0 Å². The van der Waals surface area contributed by atoms with Crippen LogP contribution >= 0.6 is 0 Å². The molecule has 21 heavy (non-hydrogen) atoms. The van der Waals surface area contributed by atoms with Gasteiger partial charge in [0, 0.05) is 6.08 Å². The lowest BCUT2D eigenvalue weighted by Crippen LogP contribution is -2.04. The van der Waals surface area contributed by atoms with Gasteiger partial charge in [0.2, 0.25) is 0 Å². The molecular formula is C16H14O5. The van der Waals surface area contributed by atoms with Gasteiger partial charge in [0.1, 0.15) is 18.1 Å². The van der Waals surface area contributed by atoms with Crippen molar-refractivity contribution in [1.82, 2.24) is 0 Å². The number of hydrogen-bond donors (Lipinski definition) is 0. The van der Waals surface area contributed by atoms with E-state index in [9.17, 15) is 9.59 Å². The van der Waals surface area contributed by atoms with E-state index in [4.69, 9.17) is 9.15 Å². The molecule has 0 N–H and O–H groups in total. The predicted octanol–water partition coefficient (Wildman–Crippen LogP) is 2.82. The lowest BCUT2D eigenvalue weighted by molar-refractivity contribution is -0.134. The van der Waals surface area contributed by atoms with Crippen molar-refractivity contribution in [3.05, 3.63) is 65.6 Å². The number of esters is 2. The summed E-state index contributed by atoms with van der Waals surface area (Å²) in [5.74, 6) is 0.0806. The van der Waals surface area contributed by atoms with Gasteiger partial charge in [-0.05, 0) is 30.3 Å². The van der Waals surface area contributed by atoms with Crippen molar-refractivity contribution in [3.8, 4) is 0 Å². The summed E-state index contributed by atoms with van der Waals surface area (Å²) in [7, 11) is 1.29. The summed E-state index contributed by atoms with van der Waals surface area (Å²) in [6.07, 6.45) is 2.73. The third-order valence-electron chi connectivity index (χ3n) is 2.62. The largest absolute Gasteiger partial charge is 0.466 e. The zero-order valence-corrected chi connectivity index (χ0v) is 11.4. The smallest absolute Gasteiger partial charge is 0.338 e. The molecular weight excluding hydrogens is 272 g/mol. The summed E-state index contributed by atoms with van der Waals surface area (Å²) >= 11 is 0. The number of benzene rings is 1. The fraction of sp³-hybridized carbons (Fsp3) is 0.125. The van der Waals surface area contributed by atoms with Crippen LogP contribution in [0, 0.1) is 0 Å². The second-order valence-corrected chi connectivity index (χ2v) is 4.10. The number of rotatable bonds is 5. The topological polar surface area (TPSA) is 65.7 Å². The number of carbonyl (C=O) groups is 2. The zero-order valence-electron chi connectivity index (χ0n) is 11.4. The standard InChI is InChI=1S/C16H14O5/c1-19-15(17)10-9-13-7-8-14(21-13)11-20-16(18)12-5-3-2-4-6-12/h2-10H,11H2,1H3. The van der Waals surface area contributed by atoms with Crippen LogP contribution in [0.25, 0.3) is 6.08 Å². The van der Waals surface area contributed by atoms with Crippen molar-refractivity contribution >= 4 is 18.0 Å². The van der Waals surface area contributed by atoms with Gasteiger partial charge in [-0.15, -0.1) is 0 Å². The SMILES string of the molecule is COC(=O)C=Cc1ccc(COC(=O)c2ccccc2)o1. The van der Waals surface area contributed by atoms with Gasteiger partial charge in [0.15, 0.2) is 0 Å². The van der Waals surface area contributed by atoms with Crippen molar-refractivity contribution < 1.29 is 23.5 Å². The fourth-order valence-corrected chi connectivity index (χ4v) is 1.57. The maximum Gasteiger partial charge on any atom is 0.338 e. The molecule has 1 heterocycles. The number of carbonyl (C=O) groups excluding carboxylic acids is 2. The summed E-state index contributed by atoms with van der Waals surface area (Å²) < 4.78 is 15.0. The van der Waals surface area contributed by atoms with E-state index in [2.05, 4.69) is 4.74 Å². The van der Waals surface area contributed by atoms with E-state index < -0.39 is 11.9 Å². The van der Waals surface area contributed by atoms with Gasteiger partial charge in [-0.3, -0.25) is 0 Å². The lowest BCUT2D eigenvalue weighted by atomic mass is 10.2. The van der Waals surface area contributed by atoms with Crippen LogP contribution in [0.15, 0.2) is 53.0 Å². The van der Waals surface area contributed by atoms with Crippen LogP contribution in [0.4, 0.5) is 0 Å². The monoisotopic (exact) mass is 286 g/mol. The average molecular weight is 286 g/mol. The Morgan fingerprint density at radius 3 is 2.62 bits per heavy atom. The molecule has 1 aromatic heterocycles. The molecule has 5 heteroatoms. The first-order valence-corrected chi connectivity index (χ1v) is 6.26. The minimum absolute atomic E-state index is 0.0276. The Hall–Kier alpha value is -2.82. The molecule has 0 fully saturated rings. The molecule has 0 unspecified atom stereocenters. The predicted molar refractivity (Wildman–Crippen MR) is 75.3 cm³/mol. The number of ether oxygens (including phenoxy) is 2. The Balaban J connectivity index is 1.90. The number of methoxy groups -OCH3 is 1. The fourth-order valence-electron chi connectivity index (χ4n) is 1.57. The Kier molecular flexibility index (Phi) is 4.93. The van der Waals surface area contributed by atoms with Crippen LogP contribution in [-0.2, 0) is 20.9 Å². The van der Waals surface area contributed by atoms with Crippen molar-refractivity contribution in [3.63, 3.8) is 0 Å². The first kappa shape index (κ1) is 14.6. The van der Waals surface area contributed by atoms with E-state index in [1.165, 1.54) is 19.3 Å². The van der Waals surface area contributed by atoms with E-state index >= 15 is 0 Å². The lowest BCUT2D eigenvalue weighted by Gasteiger charge is -2.02. The van der Waals surface area contributed by atoms with Gasteiger partial charge >= 0.3 is 11.9 Å². The Bertz CT molecular complexity index is 640. The van der Waals surface area contributed by atoms with Crippen LogP contribution in [0.2, 0.25) is 0 Å². The highest BCUT2D eigenvalue weighted by molar-refractivity contribution is 5.89. The van der Waals surface area contributed by atoms with E-state index in [-0.39, 0.29) is 6.61 Å². The summed E-state index contributed by atoms with van der Waals surface area (Å²) in [4.78, 5) is 22.7. The molecule has 0 saturated carbocycles. The van der Waals surface area contributed by atoms with Crippen LogP contribution in [0.5, 0.6) is 0 Å². The molecule has 0 atom stereocenters. The molecule has 5 nitrogen and oxygen atoms in total. The molecule has 0 radical (unpaired) electrons. The average Bonchev–Trinajstić information content (AvgIpc) is 2.99. The van der Waals surface area contributed by atoms with Crippen molar-refractivity contribution in [2.45, 2.75) is 6.61 Å². The Labute approximate surface area is 121 Å². The highest BCUT2D eigenvalue weighted by atomic mass is 16.5. The van der Waals surface area contributed by atoms with E-state index in [0.29, 0.717) is 17.1 Å². The molecule has 2 rings (SSSR count). The van der Waals surface area contributed by atoms with E-state index in [1.54, 1.807) is 36.4 Å². The third-order valence-corrected chi connectivity index (χ3v) is 2.62. The number of hydrogen-bond acceptors (Lipinski definition) is 5. The normalized spacial score (nSPS) is 10.5. The molecule has 0 spiro atoms. The molecule has 0 amide bonds.